The molecule has 7 heteroatoms. The van der Waals surface area contributed by atoms with Gasteiger partial charge in [-0.3, -0.25) is 14.9 Å². The highest BCUT2D eigenvalue weighted by atomic mass is 16.6. The molecule has 1 aliphatic rings. The van der Waals surface area contributed by atoms with Crippen molar-refractivity contribution in [3.05, 3.63) is 111 Å². The number of benzene rings is 3. The second kappa shape index (κ2) is 10.8. The number of hydrogen-bond acceptors (Lipinski definition) is 4. The van der Waals surface area contributed by atoms with Crippen molar-refractivity contribution < 1.29 is 9.72 Å². The molecule has 4 aromatic rings. The number of hydrogen-bond donors (Lipinski definition) is 1. The van der Waals surface area contributed by atoms with Crippen LogP contribution >= 0.6 is 0 Å². The van der Waals surface area contributed by atoms with Crippen molar-refractivity contribution in [2.24, 2.45) is 0 Å². The van der Waals surface area contributed by atoms with Crippen LogP contribution in [-0.4, -0.2) is 52.8 Å². The van der Waals surface area contributed by atoms with Gasteiger partial charge in [0.05, 0.1) is 10.5 Å². The smallest absolute Gasteiger partial charge is 0.270 e. The van der Waals surface area contributed by atoms with Crippen molar-refractivity contribution in [1.82, 2.24) is 14.8 Å². The summed E-state index contributed by atoms with van der Waals surface area (Å²) in [6.07, 6.45) is 4.11. The molecule has 1 amide bonds. The highest BCUT2D eigenvalue weighted by molar-refractivity contribution is 5.96. The fourth-order valence-corrected chi connectivity index (χ4v) is 5.92. The number of fused-ring (bicyclic) bond motifs is 3. The van der Waals surface area contributed by atoms with E-state index in [1.807, 2.05) is 17.0 Å². The number of aryl methyl sites for hydroxylation is 1. The second-order valence-corrected chi connectivity index (χ2v) is 10.5. The highest BCUT2D eigenvalue weighted by Crippen LogP contribution is 2.45. The molecule has 0 saturated carbocycles. The van der Waals surface area contributed by atoms with Crippen LogP contribution in [0.1, 0.15) is 46.4 Å². The topological polar surface area (TPSA) is 82.5 Å². The Labute approximate surface area is 223 Å². The number of para-hydroxylation sites is 1. The molecule has 7 nitrogen and oxygen atoms in total. The van der Waals surface area contributed by atoms with E-state index in [1.165, 1.54) is 28.6 Å². The van der Waals surface area contributed by atoms with E-state index >= 15 is 0 Å². The van der Waals surface area contributed by atoms with Crippen LogP contribution in [0.3, 0.4) is 0 Å². The van der Waals surface area contributed by atoms with Crippen LogP contribution in [0.5, 0.6) is 0 Å². The summed E-state index contributed by atoms with van der Waals surface area (Å²) in [5, 5.41) is 12.7. The zero-order valence-corrected chi connectivity index (χ0v) is 22.0. The molecule has 0 bridgehead atoms. The molecule has 0 fully saturated rings. The van der Waals surface area contributed by atoms with E-state index in [-0.39, 0.29) is 11.6 Å². The van der Waals surface area contributed by atoms with Gasteiger partial charge in [0.1, 0.15) is 0 Å². The van der Waals surface area contributed by atoms with E-state index in [0.29, 0.717) is 12.1 Å². The minimum absolute atomic E-state index is 0.0675. The number of non-ortho nitro benzene ring substituents is 1. The van der Waals surface area contributed by atoms with Crippen LogP contribution < -0.4 is 0 Å². The van der Waals surface area contributed by atoms with Crippen LogP contribution in [0.2, 0.25) is 0 Å². The third-order valence-electron chi connectivity index (χ3n) is 7.80. The Morgan fingerprint density at radius 3 is 2.55 bits per heavy atom. The van der Waals surface area contributed by atoms with Crippen LogP contribution in [0, 0.1) is 10.1 Å². The fraction of sp³-hybridized carbons (Fsp3) is 0.323. The van der Waals surface area contributed by atoms with E-state index in [0.717, 1.165) is 49.9 Å². The standard InChI is InChI=1S/C31H34N4O3/c1-33(2)21-19-31(18-9-12-23-10-4-3-5-11-23)29-27(26-15-6-7-16-28(26)32-29)17-20-34(31)30(36)24-13-8-14-25(22-24)35(37)38/h3-8,10-11,13-16,22,32H,9,12,17-21H2,1-2H3. The average molecular weight is 511 g/mol. The summed E-state index contributed by atoms with van der Waals surface area (Å²) in [6, 6.07) is 24.9. The quantitative estimate of drug-likeness (QED) is 0.223. The van der Waals surface area contributed by atoms with E-state index in [4.69, 9.17) is 0 Å². The molecule has 1 atom stereocenters. The van der Waals surface area contributed by atoms with Crippen molar-refractivity contribution in [2.75, 3.05) is 27.2 Å². The molecule has 38 heavy (non-hydrogen) atoms. The Bertz CT molecular complexity index is 1450. The Hall–Kier alpha value is -3.97. The van der Waals surface area contributed by atoms with Crippen molar-refractivity contribution in [1.29, 1.82) is 0 Å². The summed E-state index contributed by atoms with van der Waals surface area (Å²) in [4.78, 5) is 33.1. The molecular weight excluding hydrogens is 476 g/mol. The van der Waals surface area contributed by atoms with Crippen LogP contribution in [0.4, 0.5) is 5.69 Å². The van der Waals surface area contributed by atoms with Gasteiger partial charge in [-0.05, 0) is 69.5 Å². The lowest BCUT2D eigenvalue weighted by atomic mass is 9.77. The number of nitrogens with zero attached hydrogens (tertiary/aromatic N) is 3. The minimum Gasteiger partial charge on any atom is -0.356 e. The molecule has 1 unspecified atom stereocenters. The Balaban J connectivity index is 1.60. The number of nitrogens with one attached hydrogen (secondary N) is 1. The zero-order chi connectivity index (χ0) is 26.7. The molecule has 1 aliphatic heterocycles. The third kappa shape index (κ3) is 4.94. The van der Waals surface area contributed by atoms with Gasteiger partial charge in [-0.2, -0.15) is 0 Å². The van der Waals surface area contributed by atoms with Gasteiger partial charge < -0.3 is 14.8 Å². The zero-order valence-electron chi connectivity index (χ0n) is 22.0. The number of rotatable bonds is 9. The van der Waals surface area contributed by atoms with Crippen molar-refractivity contribution >= 4 is 22.5 Å². The predicted molar refractivity (Wildman–Crippen MR) is 150 cm³/mol. The maximum atomic E-state index is 14.2. The van der Waals surface area contributed by atoms with Gasteiger partial charge in [0.25, 0.3) is 11.6 Å². The molecule has 1 N–H and O–H groups in total. The summed E-state index contributed by atoms with van der Waals surface area (Å²) in [5.41, 5.74) is 4.48. The van der Waals surface area contributed by atoms with Gasteiger partial charge in [0, 0.05) is 47.4 Å². The number of amides is 1. The highest BCUT2D eigenvalue weighted by Gasteiger charge is 2.46. The number of aromatic amines is 1. The number of nitro groups is 1. The average Bonchev–Trinajstić information content (AvgIpc) is 3.32. The lowest BCUT2D eigenvalue weighted by molar-refractivity contribution is -0.384. The van der Waals surface area contributed by atoms with Gasteiger partial charge in [0.15, 0.2) is 0 Å². The van der Waals surface area contributed by atoms with Crippen LogP contribution in [0.25, 0.3) is 10.9 Å². The normalized spacial score (nSPS) is 17.1. The third-order valence-corrected chi connectivity index (χ3v) is 7.80. The lowest BCUT2D eigenvalue weighted by Crippen LogP contribution is -2.54. The second-order valence-electron chi connectivity index (χ2n) is 10.5. The summed E-state index contributed by atoms with van der Waals surface area (Å²) < 4.78 is 0. The maximum absolute atomic E-state index is 14.2. The largest absolute Gasteiger partial charge is 0.356 e. The van der Waals surface area contributed by atoms with Crippen LogP contribution in [-0.2, 0) is 18.4 Å². The van der Waals surface area contributed by atoms with E-state index in [2.05, 4.69) is 66.4 Å². The molecule has 2 heterocycles. The Morgan fingerprint density at radius 2 is 1.79 bits per heavy atom. The number of H-pyrrole nitrogens is 1. The Kier molecular flexibility index (Phi) is 7.29. The predicted octanol–water partition coefficient (Wildman–Crippen LogP) is 5.94. The van der Waals surface area contributed by atoms with Gasteiger partial charge in [-0.25, -0.2) is 0 Å². The monoisotopic (exact) mass is 510 g/mol. The molecule has 196 valence electrons. The summed E-state index contributed by atoms with van der Waals surface area (Å²) in [6.45, 7) is 1.37. The molecule has 0 radical (unpaired) electrons. The van der Waals surface area contributed by atoms with Crippen LogP contribution in [0.15, 0.2) is 78.9 Å². The molecule has 0 saturated heterocycles. The lowest BCUT2D eigenvalue weighted by Gasteiger charge is -2.48. The summed E-state index contributed by atoms with van der Waals surface area (Å²) in [5.74, 6) is -0.156. The first-order valence-corrected chi connectivity index (χ1v) is 13.2. The number of carbonyl (C=O) groups is 1. The minimum atomic E-state index is -0.562. The Morgan fingerprint density at radius 1 is 1.03 bits per heavy atom. The van der Waals surface area contributed by atoms with Gasteiger partial charge >= 0.3 is 0 Å². The first-order chi connectivity index (χ1) is 18.4. The SMILES string of the molecule is CN(C)CCC1(CCCc2ccccc2)c2[nH]c3ccccc3c2CCN1C(=O)c1cccc([N+](=O)[O-])c1. The molecule has 0 aliphatic carbocycles. The first-order valence-electron chi connectivity index (χ1n) is 13.2. The molecule has 0 spiro atoms. The van der Waals surface area contributed by atoms with Crippen molar-refractivity contribution in [3.8, 4) is 0 Å². The van der Waals surface area contributed by atoms with Crippen molar-refractivity contribution in [2.45, 2.75) is 37.6 Å². The number of nitro benzene ring substituents is 1. The van der Waals surface area contributed by atoms with Gasteiger partial charge in [-0.1, -0.05) is 54.6 Å². The van der Waals surface area contributed by atoms with Crippen molar-refractivity contribution in [3.63, 3.8) is 0 Å². The van der Waals surface area contributed by atoms with Gasteiger partial charge in [-0.15, -0.1) is 0 Å². The van der Waals surface area contributed by atoms with Gasteiger partial charge in [0.2, 0.25) is 0 Å². The summed E-state index contributed by atoms with van der Waals surface area (Å²) >= 11 is 0. The fourth-order valence-electron chi connectivity index (χ4n) is 5.92. The maximum Gasteiger partial charge on any atom is 0.270 e. The number of carbonyl (C=O) groups excluding carboxylic acids is 1. The number of aromatic nitrogens is 1. The van der Waals surface area contributed by atoms with E-state index < -0.39 is 10.5 Å². The molecule has 1 aromatic heterocycles. The molecule has 3 aromatic carbocycles. The van der Waals surface area contributed by atoms with E-state index in [9.17, 15) is 14.9 Å². The first kappa shape index (κ1) is 25.7. The molecular formula is C31H34N4O3. The van der Waals surface area contributed by atoms with E-state index in [1.54, 1.807) is 12.1 Å². The molecule has 5 rings (SSSR count). The summed E-state index contributed by atoms with van der Waals surface area (Å²) in [7, 11) is 4.11.